The van der Waals surface area contributed by atoms with E-state index in [1.165, 1.54) is 0 Å². The second kappa shape index (κ2) is 5.73. The average Bonchev–Trinajstić information content (AvgIpc) is 2.26. The number of hydrogen-bond acceptors (Lipinski definition) is 3. The van der Waals surface area contributed by atoms with Gasteiger partial charge in [0.2, 0.25) is 0 Å². The highest BCUT2D eigenvalue weighted by atomic mass is 16.5. The van der Waals surface area contributed by atoms with E-state index >= 15 is 0 Å². The zero-order chi connectivity index (χ0) is 11.3. The molecular weight excluding hydrogens is 190 g/mol. The second-order valence-electron chi connectivity index (χ2n) is 3.83. The molecule has 0 aliphatic heterocycles. The summed E-state index contributed by atoms with van der Waals surface area (Å²) in [5.74, 6) is 0.833. The maximum absolute atomic E-state index is 9.26. The third kappa shape index (κ3) is 3.53. The Kier molecular flexibility index (Phi) is 4.59. The number of ether oxygens (including phenoxy) is 1. The van der Waals surface area contributed by atoms with Gasteiger partial charge in [-0.1, -0.05) is 26.0 Å². The van der Waals surface area contributed by atoms with E-state index in [2.05, 4.69) is 19.2 Å². The predicted molar refractivity (Wildman–Crippen MR) is 61.1 cm³/mol. The molecule has 1 rings (SSSR count). The lowest BCUT2D eigenvalue weighted by Crippen LogP contribution is -2.30. The highest BCUT2D eigenvalue weighted by molar-refractivity contribution is 5.29. The molecule has 0 radical (unpaired) electrons. The van der Waals surface area contributed by atoms with Gasteiger partial charge in [0.25, 0.3) is 0 Å². The Balaban J connectivity index is 2.74. The van der Waals surface area contributed by atoms with Crippen LogP contribution < -0.4 is 10.1 Å². The summed E-state index contributed by atoms with van der Waals surface area (Å²) in [5, 5.41) is 12.6. The first kappa shape index (κ1) is 12.0. The van der Waals surface area contributed by atoms with E-state index in [1.54, 1.807) is 7.11 Å². The van der Waals surface area contributed by atoms with Gasteiger partial charge in [-0.25, -0.2) is 0 Å². The van der Waals surface area contributed by atoms with Gasteiger partial charge >= 0.3 is 0 Å². The Morgan fingerprint density at radius 1 is 1.27 bits per heavy atom. The first-order valence-electron chi connectivity index (χ1n) is 5.18. The molecule has 84 valence electrons. The molecule has 1 atom stereocenters. The standard InChI is InChI=1S/C12H19NO2/c1-9(2)13-12(8-14)10-4-6-11(15-3)7-5-10/h4-7,9,12-14H,8H2,1-3H3. The van der Waals surface area contributed by atoms with Crippen LogP contribution in [0.1, 0.15) is 25.5 Å². The number of aliphatic hydroxyl groups excluding tert-OH is 1. The Bertz CT molecular complexity index is 282. The lowest BCUT2D eigenvalue weighted by molar-refractivity contribution is 0.237. The molecule has 0 aliphatic rings. The fourth-order valence-corrected chi connectivity index (χ4v) is 1.49. The number of rotatable bonds is 5. The second-order valence-corrected chi connectivity index (χ2v) is 3.83. The van der Waals surface area contributed by atoms with Crippen LogP contribution in [0, 0.1) is 0 Å². The van der Waals surface area contributed by atoms with Crippen LogP contribution in [0.5, 0.6) is 5.75 Å². The summed E-state index contributed by atoms with van der Waals surface area (Å²) in [6.07, 6.45) is 0. The van der Waals surface area contributed by atoms with E-state index in [4.69, 9.17) is 4.74 Å². The van der Waals surface area contributed by atoms with E-state index in [0.29, 0.717) is 6.04 Å². The number of benzene rings is 1. The van der Waals surface area contributed by atoms with Crippen molar-refractivity contribution in [2.45, 2.75) is 25.9 Å². The molecule has 0 amide bonds. The molecular formula is C12H19NO2. The summed E-state index contributed by atoms with van der Waals surface area (Å²) in [5.41, 5.74) is 1.08. The predicted octanol–water partition coefficient (Wildman–Crippen LogP) is 1.73. The van der Waals surface area contributed by atoms with Gasteiger partial charge in [-0.05, 0) is 17.7 Å². The maximum atomic E-state index is 9.26. The van der Waals surface area contributed by atoms with Crippen molar-refractivity contribution >= 4 is 0 Å². The van der Waals surface area contributed by atoms with Crippen LogP contribution in [-0.2, 0) is 0 Å². The largest absolute Gasteiger partial charge is 0.497 e. The molecule has 3 heteroatoms. The number of hydrogen-bond donors (Lipinski definition) is 2. The van der Waals surface area contributed by atoms with Crippen molar-refractivity contribution in [1.29, 1.82) is 0 Å². The van der Waals surface area contributed by atoms with Crippen molar-refractivity contribution < 1.29 is 9.84 Å². The summed E-state index contributed by atoms with van der Waals surface area (Å²) < 4.78 is 5.08. The molecule has 0 bridgehead atoms. The smallest absolute Gasteiger partial charge is 0.118 e. The SMILES string of the molecule is COc1ccc(C(CO)NC(C)C)cc1. The van der Waals surface area contributed by atoms with Gasteiger partial charge in [0.05, 0.1) is 19.8 Å². The highest BCUT2D eigenvalue weighted by Gasteiger charge is 2.10. The van der Waals surface area contributed by atoms with Gasteiger partial charge in [0.15, 0.2) is 0 Å². The van der Waals surface area contributed by atoms with Crippen LogP contribution in [0.15, 0.2) is 24.3 Å². The van der Waals surface area contributed by atoms with Crippen LogP contribution in [0.2, 0.25) is 0 Å². The number of nitrogens with one attached hydrogen (secondary N) is 1. The van der Waals surface area contributed by atoms with Gasteiger partial charge in [-0.3, -0.25) is 0 Å². The van der Waals surface area contributed by atoms with Gasteiger partial charge in [0, 0.05) is 6.04 Å². The van der Waals surface area contributed by atoms with Crippen molar-refractivity contribution in [3.8, 4) is 5.75 Å². The van der Waals surface area contributed by atoms with Crippen LogP contribution >= 0.6 is 0 Å². The molecule has 0 aromatic heterocycles. The Hall–Kier alpha value is -1.06. The van der Waals surface area contributed by atoms with Crippen LogP contribution in [-0.4, -0.2) is 24.9 Å². The Morgan fingerprint density at radius 2 is 1.87 bits per heavy atom. The minimum atomic E-state index is -0.00379. The molecule has 0 saturated heterocycles. The van der Waals surface area contributed by atoms with E-state index < -0.39 is 0 Å². The molecule has 0 heterocycles. The van der Waals surface area contributed by atoms with E-state index in [-0.39, 0.29) is 12.6 Å². The van der Waals surface area contributed by atoms with E-state index in [0.717, 1.165) is 11.3 Å². The molecule has 0 aliphatic carbocycles. The van der Waals surface area contributed by atoms with E-state index in [1.807, 2.05) is 24.3 Å². The lowest BCUT2D eigenvalue weighted by atomic mass is 10.1. The van der Waals surface area contributed by atoms with Crippen molar-refractivity contribution in [2.75, 3.05) is 13.7 Å². The topological polar surface area (TPSA) is 41.5 Å². The van der Waals surface area contributed by atoms with Gasteiger partial charge in [0.1, 0.15) is 5.75 Å². The minimum Gasteiger partial charge on any atom is -0.497 e. The molecule has 1 aromatic carbocycles. The molecule has 3 nitrogen and oxygen atoms in total. The molecule has 1 aromatic rings. The van der Waals surface area contributed by atoms with Gasteiger partial charge in [-0.15, -0.1) is 0 Å². The summed E-state index contributed by atoms with van der Waals surface area (Å²) in [6.45, 7) is 4.23. The van der Waals surface area contributed by atoms with Crippen molar-refractivity contribution in [3.05, 3.63) is 29.8 Å². The van der Waals surface area contributed by atoms with Crippen LogP contribution in [0.4, 0.5) is 0 Å². The van der Waals surface area contributed by atoms with Gasteiger partial charge < -0.3 is 15.2 Å². The van der Waals surface area contributed by atoms with Crippen LogP contribution in [0.25, 0.3) is 0 Å². The molecule has 0 fully saturated rings. The molecule has 15 heavy (non-hydrogen) atoms. The monoisotopic (exact) mass is 209 g/mol. The summed E-state index contributed by atoms with van der Waals surface area (Å²) >= 11 is 0. The average molecular weight is 209 g/mol. The summed E-state index contributed by atoms with van der Waals surface area (Å²) in [6, 6.07) is 8.09. The Morgan fingerprint density at radius 3 is 2.27 bits per heavy atom. The summed E-state index contributed by atoms with van der Waals surface area (Å²) in [4.78, 5) is 0. The van der Waals surface area contributed by atoms with E-state index in [9.17, 15) is 5.11 Å². The maximum Gasteiger partial charge on any atom is 0.118 e. The normalized spacial score (nSPS) is 12.9. The summed E-state index contributed by atoms with van der Waals surface area (Å²) in [7, 11) is 1.64. The fourth-order valence-electron chi connectivity index (χ4n) is 1.49. The molecule has 0 saturated carbocycles. The quantitative estimate of drug-likeness (QED) is 0.776. The Labute approximate surface area is 91.1 Å². The fraction of sp³-hybridized carbons (Fsp3) is 0.500. The van der Waals surface area contributed by atoms with Gasteiger partial charge in [-0.2, -0.15) is 0 Å². The zero-order valence-corrected chi connectivity index (χ0v) is 9.53. The minimum absolute atomic E-state index is 0.00379. The third-order valence-corrected chi connectivity index (χ3v) is 2.24. The van der Waals surface area contributed by atoms with Crippen molar-refractivity contribution in [2.24, 2.45) is 0 Å². The van der Waals surface area contributed by atoms with Crippen molar-refractivity contribution in [1.82, 2.24) is 5.32 Å². The molecule has 2 N–H and O–H groups in total. The first-order valence-corrected chi connectivity index (χ1v) is 5.18. The lowest BCUT2D eigenvalue weighted by Gasteiger charge is -2.19. The highest BCUT2D eigenvalue weighted by Crippen LogP contribution is 2.17. The first-order chi connectivity index (χ1) is 7.17. The number of methoxy groups -OCH3 is 1. The van der Waals surface area contributed by atoms with Crippen molar-refractivity contribution in [3.63, 3.8) is 0 Å². The third-order valence-electron chi connectivity index (χ3n) is 2.24. The molecule has 0 spiro atoms. The molecule has 1 unspecified atom stereocenters. The number of aliphatic hydroxyl groups is 1. The van der Waals surface area contributed by atoms with Crippen LogP contribution in [0.3, 0.4) is 0 Å². The zero-order valence-electron chi connectivity index (χ0n) is 9.53.